The first-order valence-corrected chi connectivity index (χ1v) is 9.52. The van der Waals surface area contributed by atoms with Crippen LogP contribution in [0, 0.1) is 5.41 Å². The van der Waals surface area contributed by atoms with E-state index in [-0.39, 0.29) is 17.5 Å². The summed E-state index contributed by atoms with van der Waals surface area (Å²) >= 11 is 0. The Hall–Kier alpha value is -2.45. The average molecular weight is 387 g/mol. The highest BCUT2D eigenvalue weighted by molar-refractivity contribution is 5.79. The van der Waals surface area contributed by atoms with Gasteiger partial charge in [0.15, 0.2) is 0 Å². The lowest BCUT2D eigenvalue weighted by molar-refractivity contribution is -0.778. The topological polar surface area (TPSA) is 108 Å². The summed E-state index contributed by atoms with van der Waals surface area (Å²) in [5, 5.41) is 26.4. The number of nitrogens with one attached hydrogen (secondary N) is 2. The van der Waals surface area contributed by atoms with Crippen molar-refractivity contribution in [1.82, 2.24) is 15.7 Å². The van der Waals surface area contributed by atoms with Gasteiger partial charge in [0.25, 0.3) is 11.5 Å². The van der Waals surface area contributed by atoms with Gasteiger partial charge in [-0.3, -0.25) is 15.5 Å². The number of rotatable bonds is 5. The van der Waals surface area contributed by atoms with Crippen molar-refractivity contribution in [1.29, 1.82) is 5.41 Å². The summed E-state index contributed by atoms with van der Waals surface area (Å²) < 4.78 is 6.27. The predicted octanol–water partition coefficient (Wildman–Crippen LogP) is 1.31. The van der Waals surface area contributed by atoms with E-state index in [0.29, 0.717) is 19.3 Å². The molecule has 1 aliphatic rings. The molecule has 3 rings (SSSR count). The summed E-state index contributed by atoms with van der Waals surface area (Å²) in [6.07, 6.45) is 3.11. The highest BCUT2D eigenvalue weighted by Gasteiger charge is 2.46. The molecule has 1 atom stereocenters. The van der Waals surface area contributed by atoms with E-state index in [1.54, 1.807) is 0 Å². The second kappa shape index (κ2) is 7.52. The predicted molar refractivity (Wildman–Crippen MR) is 100 cm³/mol. The third-order valence-corrected chi connectivity index (χ3v) is 5.36. The molecule has 0 spiro atoms. The summed E-state index contributed by atoms with van der Waals surface area (Å²) in [5.41, 5.74) is -0.00850. The number of carbonyl (C=O) groups excluding carboxylic acids is 1. The fourth-order valence-electron chi connectivity index (χ4n) is 4.22. The molecule has 8 nitrogen and oxygen atoms in total. The molecular weight excluding hydrogens is 358 g/mol. The summed E-state index contributed by atoms with van der Waals surface area (Å²) in [6.45, 7) is 7.86. The number of benzene rings is 1. The van der Waals surface area contributed by atoms with Gasteiger partial charge in [-0.15, -0.1) is 0 Å². The smallest absolute Gasteiger partial charge is 0.289 e. The molecule has 1 aromatic carbocycles. The van der Waals surface area contributed by atoms with Crippen molar-refractivity contribution in [2.24, 2.45) is 0 Å². The van der Waals surface area contributed by atoms with E-state index in [2.05, 4.69) is 10.6 Å². The Labute approximate surface area is 164 Å². The van der Waals surface area contributed by atoms with Crippen molar-refractivity contribution in [2.45, 2.75) is 70.1 Å². The first-order chi connectivity index (χ1) is 13.1. The molecule has 1 amide bonds. The van der Waals surface area contributed by atoms with Crippen LogP contribution in [0.2, 0.25) is 0 Å². The minimum absolute atomic E-state index is 0.0813. The molecule has 152 valence electrons. The zero-order valence-electron chi connectivity index (χ0n) is 16.8. The van der Waals surface area contributed by atoms with Crippen molar-refractivity contribution < 1.29 is 19.2 Å². The van der Waals surface area contributed by atoms with E-state index in [1.807, 2.05) is 58.0 Å². The van der Waals surface area contributed by atoms with Gasteiger partial charge >= 0.3 is 0 Å². The molecule has 0 radical (unpaired) electrons. The van der Waals surface area contributed by atoms with Gasteiger partial charge in [-0.25, -0.2) is 4.68 Å². The quantitative estimate of drug-likeness (QED) is 0.671. The second-order valence-electron chi connectivity index (χ2n) is 8.80. The number of nitrogens with zero attached hydrogens (tertiary/aromatic N) is 3. The molecule has 1 aliphatic heterocycles. The molecule has 0 saturated carbocycles. The zero-order chi connectivity index (χ0) is 20.5. The number of piperidine rings is 1. The van der Waals surface area contributed by atoms with Gasteiger partial charge in [-0.1, -0.05) is 30.3 Å². The molecule has 28 heavy (non-hydrogen) atoms. The third-order valence-electron chi connectivity index (χ3n) is 5.36. The Morgan fingerprint density at radius 3 is 2.46 bits per heavy atom. The van der Waals surface area contributed by atoms with Gasteiger partial charge in [0.05, 0.1) is 0 Å². The minimum Gasteiger partial charge on any atom is -0.487 e. The molecule has 2 aromatic rings. The lowest BCUT2D eigenvalue weighted by Crippen LogP contribution is -2.64. The molecular formula is C20H29N5O3. The molecule has 0 bridgehead atoms. The van der Waals surface area contributed by atoms with Crippen LogP contribution in [0.1, 0.15) is 52.1 Å². The van der Waals surface area contributed by atoms with Crippen molar-refractivity contribution in [3.63, 3.8) is 0 Å². The molecule has 1 saturated heterocycles. The minimum atomic E-state index is -0.622. The highest BCUT2D eigenvalue weighted by Crippen LogP contribution is 2.36. The number of hydroxylamine groups is 2. The van der Waals surface area contributed by atoms with Crippen LogP contribution >= 0.6 is 0 Å². The first kappa shape index (κ1) is 20.3. The normalized spacial score (nSPS) is 20.6. The Morgan fingerprint density at radius 1 is 1.32 bits per heavy atom. The van der Waals surface area contributed by atoms with E-state index in [4.69, 9.17) is 9.93 Å². The molecule has 1 aromatic heterocycles. The number of carbonyl (C=O) groups is 1. The maximum Gasteiger partial charge on any atom is 0.289 e. The number of hydrogen-bond donors (Lipinski definition) is 3. The van der Waals surface area contributed by atoms with Crippen LogP contribution < -0.4 is 20.8 Å². The van der Waals surface area contributed by atoms with Crippen molar-refractivity contribution in [2.75, 3.05) is 0 Å². The largest absolute Gasteiger partial charge is 0.487 e. The van der Waals surface area contributed by atoms with Crippen LogP contribution in [0.5, 0.6) is 0 Å². The molecule has 1 fully saturated rings. The summed E-state index contributed by atoms with van der Waals surface area (Å²) in [5.74, 6) is -0.176. The SMILES string of the molecule is CC1(C)CC(NC(=O)C(Cc2ccccc2)[n+]2cc(=N)o[n-]2)CC(C)(C)N1O. The van der Waals surface area contributed by atoms with Gasteiger partial charge in [0, 0.05) is 23.5 Å². The van der Waals surface area contributed by atoms with Crippen LogP contribution in [0.3, 0.4) is 0 Å². The third kappa shape index (κ3) is 4.34. The first-order valence-electron chi connectivity index (χ1n) is 9.52. The van der Waals surface area contributed by atoms with Gasteiger partial charge in [0.1, 0.15) is 0 Å². The molecule has 1 unspecified atom stereocenters. The summed E-state index contributed by atoms with van der Waals surface area (Å²) in [6, 6.07) is 8.99. The Morgan fingerprint density at radius 2 is 1.93 bits per heavy atom. The van der Waals surface area contributed by atoms with Crippen molar-refractivity contribution in [3.05, 3.63) is 47.6 Å². The number of amides is 1. The number of hydrogen-bond acceptors (Lipinski definition) is 5. The van der Waals surface area contributed by atoms with Gasteiger partial charge in [-0.2, -0.15) is 5.06 Å². The monoisotopic (exact) mass is 387 g/mol. The van der Waals surface area contributed by atoms with Crippen molar-refractivity contribution >= 4 is 5.91 Å². The lowest BCUT2D eigenvalue weighted by atomic mass is 9.79. The Kier molecular flexibility index (Phi) is 5.45. The van der Waals surface area contributed by atoms with Gasteiger partial charge in [-0.05, 0) is 46.1 Å². The molecule has 0 aliphatic carbocycles. The maximum atomic E-state index is 13.2. The van der Waals surface area contributed by atoms with E-state index >= 15 is 0 Å². The second-order valence-corrected chi connectivity index (χ2v) is 8.80. The standard InChI is InChI=1S/C20H29N5O3/c1-19(2)11-15(12-20(3,4)25(19)27)22-18(26)16(24-13-17(21)28-23-24)10-14-8-6-5-7-9-14/h5-9,13,15-16,21,27H,10-12H2,1-4H3,(H,22,26). The lowest BCUT2D eigenvalue weighted by Gasteiger charge is -2.51. The van der Waals surface area contributed by atoms with Gasteiger partial charge in [0.2, 0.25) is 12.2 Å². The Balaban J connectivity index is 1.80. The van der Waals surface area contributed by atoms with E-state index < -0.39 is 17.1 Å². The van der Waals surface area contributed by atoms with Crippen LogP contribution in [0.4, 0.5) is 0 Å². The van der Waals surface area contributed by atoms with Crippen LogP contribution in [-0.4, -0.2) is 33.3 Å². The van der Waals surface area contributed by atoms with Crippen molar-refractivity contribution in [3.8, 4) is 0 Å². The molecule has 3 N–H and O–H groups in total. The fraction of sp³-hybridized carbons (Fsp3) is 0.550. The average Bonchev–Trinajstić information content (AvgIpc) is 3.04. The van der Waals surface area contributed by atoms with Gasteiger partial charge < -0.3 is 15.0 Å². The maximum absolute atomic E-state index is 13.2. The highest BCUT2D eigenvalue weighted by atomic mass is 16.5. The van der Waals surface area contributed by atoms with Crippen LogP contribution in [0.15, 0.2) is 41.1 Å². The van der Waals surface area contributed by atoms with E-state index in [1.165, 1.54) is 15.9 Å². The fourth-order valence-corrected chi connectivity index (χ4v) is 4.22. The Bertz CT molecular complexity index is 853. The van der Waals surface area contributed by atoms with E-state index in [0.717, 1.165) is 5.56 Å². The summed E-state index contributed by atoms with van der Waals surface area (Å²) in [7, 11) is 0. The van der Waals surface area contributed by atoms with E-state index in [9.17, 15) is 10.0 Å². The molecule has 8 heteroatoms. The summed E-state index contributed by atoms with van der Waals surface area (Å²) in [4.78, 5) is 13.2. The van der Waals surface area contributed by atoms with Crippen LogP contribution in [-0.2, 0) is 11.2 Å². The van der Waals surface area contributed by atoms with Crippen LogP contribution in [0.25, 0.3) is 0 Å². The molecule has 2 heterocycles. The number of aromatic nitrogens is 2. The zero-order valence-corrected chi connectivity index (χ0v) is 16.8.